The first-order valence-corrected chi connectivity index (χ1v) is 9.04. The molecule has 0 saturated carbocycles. The van der Waals surface area contributed by atoms with Crippen LogP contribution in [0.1, 0.15) is 12.5 Å². The largest absolute Gasteiger partial charge is 0.240 e. The highest BCUT2D eigenvalue weighted by molar-refractivity contribution is 9.10. The van der Waals surface area contributed by atoms with E-state index in [1.807, 2.05) is 19.1 Å². The maximum absolute atomic E-state index is 12.3. The fraction of sp³-hybridized carbons (Fsp3) is 0.200. The summed E-state index contributed by atoms with van der Waals surface area (Å²) in [6.45, 7) is 1.84. The fourth-order valence-electron chi connectivity index (χ4n) is 1.98. The Kier molecular flexibility index (Phi) is 5.43. The van der Waals surface area contributed by atoms with Crippen molar-refractivity contribution in [2.75, 3.05) is 0 Å². The molecule has 0 radical (unpaired) electrons. The minimum atomic E-state index is -3.52. The molecule has 1 unspecified atom stereocenters. The Bertz CT molecular complexity index is 717. The molecule has 0 aliphatic rings. The van der Waals surface area contributed by atoms with Crippen molar-refractivity contribution in [3.05, 3.63) is 63.6 Å². The first-order valence-electron chi connectivity index (χ1n) is 6.39. The third-order valence-electron chi connectivity index (χ3n) is 2.92. The van der Waals surface area contributed by atoms with Gasteiger partial charge in [0.1, 0.15) is 0 Å². The summed E-state index contributed by atoms with van der Waals surface area (Å²) in [4.78, 5) is 0.250. The molecule has 1 atom stereocenters. The van der Waals surface area contributed by atoms with Gasteiger partial charge in [0.05, 0.1) is 4.90 Å². The average molecular weight is 389 g/mol. The van der Waals surface area contributed by atoms with Crippen LogP contribution in [0, 0.1) is 0 Å². The zero-order valence-corrected chi connectivity index (χ0v) is 14.5. The predicted molar refractivity (Wildman–Crippen MR) is 89.1 cm³/mol. The highest BCUT2D eigenvalue weighted by Crippen LogP contribution is 2.17. The lowest BCUT2D eigenvalue weighted by molar-refractivity contribution is 0.559. The number of hydrogen-bond acceptors (Lipinski definition) is 2. The summed E-state index contributed by atoms with van der Waals surface area (Å²) < 4.78 is 28.0. The van der Waals surface area contributed by atoms with Gasteiger partial charge in [-0.05, 0) is 49.2 Å². The molecule has 0 fully saturated rings. The third kappa shape index (κ3) is 4.81. The van der Waals surface area contributed by atoms with Crippen molar-refractivity contribution >= 4 is 37.6 Å². The van der Waals surface area contributed by atoms with Crippen LogP contribution in [0.2, 0.25) is 5.02 Å². The smallest absolute Gasteiger partial charge is 0.208 e. The van der Waals surface area contributed by atoms with Gasteiger partial charge in [-0.25, -0.2) is 13.1 Å². The van der Waals surface area contributed by atoms with Crippen molar-refractivity contribution in [3.63, 3.8) is 0 Å². The van der Waals surface area contributed by atoms with E-state index in [1.165, 1.54) is 0 Å². The molecule has 0 aromatic heterocycles. The van der Waals surface area contributed by atoms with Crippen molar-refractivity contribution in [3.8, 4) is 0 Å². The highest BCUT2D eigenvalue weighted by Gasteiger charge is 2.17. The highest BCUT2D eigenvalue weighted by atomic mass is 79.9. The van der Waals surface area contributed by atoms with Gasteiger partial charge in [-0.3, -0.25) is 0 Å². The quantitative estimate of drug-likeness (QED) is 0.841. The second-order valence-corrected chi connectivity index (χ2v) is 7.88. The molecular formula is C15H15BrClNO2S. The molecule has 2 aromatic carbocycles. The van der Waals surface area contributed by atoms with Gasteiger partial charge in [0.25, 0.3) is 0 Å². The Morgan fingerprint density at radius 1 is 1.19 bits per heavy atom. The molecular weight excluding hydrogens is 374 g/mol. The Morgan fingerprint density at radius 3 is 2.48 bits per heavy atom. The van der Waals surface area contributed by atoms with Crippen LogP contribution >= 0.6 is 27.5 Å². The van der Waals surface area contributed by atoms with Crippen LogP contribution in [0.5, 0.6) is 0 Å². The number of halogens is 2. The van der Waals surface area contributed by atoms with Crippen LogP contribution in [0.4, 0.5) is 0 Å². The number of hydrogen-bond donors (Lipinski definition) is 1. The molecule has 0 aliphatic carbocycles. The molecule has 0 saturated heterocycles. The number of rotatable bonds is 5. The first-order chi connectivity index (χ1) is 9.87. The van der Waals surface area contributed by atoms with E-state index in [-0.39, 0.29) is 10.9 Å². The maximum atomic E-state index is 12.3. The topological polar surface area (TPSA) is 46.2 Å². The lowest BCUT2D eigenvalue weighted by Crippen LogP contribution is -2.34. The number of benzene rings is 2. The van der Waals surface area contributed by atoms with Crippen molar-refractivity contribution in [1.29, 1.82) is 0 Å². The zero-order valence-electron chi connectivity index (χ0n) is 11.4. The zero-order chi connectivity index (χ0) is 15.5. The van der Waals surface area contributed by atoms with E-state index in [4.69, 9.17) is 11.6 Å². The molecule has 0 spiro atoms. The van der Waals surface area contributed by atoms with Gasteiger partial charge in [0.15, 0.2) is 0 Å². The Hall–Kier alpha value is -0.880. The van der Waals surface area contributed by atoms with E-state index >= 15 is 0 Å². The van der Waals surface area contributed by atoms with Crippen LogP contribution < -0.4 is 4.72 Å². The normalized spacial score (nSPS) is 13.1. The van der Waals surface area contributed by atoms with E-state index in [1.54, 1.807) is 36.4 Å². The van der Waals surface area contributed by atoms with Crippen LogP contribution in [-0.2, 0) is 16.4 Å². The standard InChI is InChI=1S/C15H15BrClNO2S/c1-11(9-12-5-7-14(17)8-6-12)18-21(19,20)15-4-2-3-13(16)10-15/h2-8,10-11,18H,9H2,1H3. The summed E-state index contributed by atoms with van der Waals surface area (Å²) in [6, 6.07) is 13.8. The molecule has 0 heterocycles. The van der Waals surface area contributed by atoms with Gasteiger partial charge in [-0.1, -0.05) is 45.7 Å². The second kappa shape index (κ2) is 6.92. The summed E-state index contributed by atoms with van der Waals surface area (Å²) in [5.74, 6) is 0. The average Bonchev–Trinajstić information content (AvgIpc) is 2.41. The molecule has 21 heavy (non-hydrogen) atoms. The molecule has 1 N–H and O–H groups in total. The third-order valence-corrected chi connectivity index (χ3v) is 5.25. The van der Waals surface area contributed by atoms with Crippen molar-refractivity contribution in [1.82, 2.24) is 4.72 Å². The van der Waals surface area contributed by atoms with Crippen LogP contribution in [-0.4, -0.2) is 14.5 Å². The van der Waals surface area contributed by atoms with E-state index < -0.39 is 10.0 Å². The Balaban J connectivity index is 2.07. The number of nitrogens with one attached hydrogen (secondary N) is 1. The SMILES string of the molecule is CC(Cc1ccc(Cl)cc1)NS(=O)(=O)c1cccc(Br)c1. The minimum absolute atomic E-state index is 0.213. The summed E-state index contributed by atoms with van der Waals surface area (Å²) in [6.07, 6.45) is 0.602. The molecule has 112 valence electrons. The van der Waals surface area contributed by atoms with Gasteiger partial charge in [-0.15, -0.1) is 0 Å². The van der Waals surface area contributed by atoms with E-state index in [9.17, 15) is 8.42 Å². The summed E-state index contributed by atoms with van der Waals surface area (Å²) in [5.41, 5.74) is 1.03. The molecule has 0 bridgehead atoms. The monoisotopic (exact) mass is 387 g/mol. The van der Waals surface area contributed by atoms with Gasteiger partial charge in [-0.2, -0.15) is 0 Å². The molecule has 3 nitrogen and oxygen atoms in total. The van der Waals surface area contributed by atoms with Crippen molar-refractivity contribution < 1.29 is 8.42 Å². The Morgan fingerprint density at radius 2 is 1.86 bits per heavy atom. The van der Waals surface area contributed by atoms with Gasteiger partial charge < -0.3 is 0 Å². The van der Waals surface area contributed by atoms with Gasteiger partial charge >= 0.3 is 0 Å². The first kappa shape index (κ1) is 16.5. The lowest BCUT2D eigenvalue weighted by atomic mass is 10.1. The molecule has 0 amide bonds. The van der Waals surface area contributed by atoms with Crippen molar-refractivity contribution in [2.24, 2.45) is 0 Å². The van der Waals surface area contributed by atoms with E-state index in [0.29, 0.717) is 11.4 Å². The van der Waals surface area contributed by atoms with E-state index in [2.05, 4.69) is 20.7 Å². The fourth-order valence-corrected chi connectivity index (χ4v) is 3.95. The summed E-state index contributed by atoms with van der Waals surface area (Å²) >= 11 is 9.11. The minimum Gasteiger partial charge on any atom is -0.208 e. The number of sulfonamides is 1. The molecule has 0 aliphatic heterocycles. The van der Waals surface area contributed by atoms with Crippen LogP contribution in [0.25, 0.3) is 0 Å². The maximum Gasteiger partial charge on any atom is 0.240 e. The molecule has 2 aromatic rings. The predicted octanol–water partition coefficient (Wildman–Crippen LogP) is 4.01. The molecule has 6 heteroatoms. The van der Waals surface area contributed by atoms with Crippen LogP contribution in [0.3, 0.4) is 0 Å². The second-order valence-electron chi connectivity index (χ2n) is 4.81. The lowest BCUT2D eigenvalue weighted by Gasteiger charge is -2.14. The Labute approximate surface area is 138 Å². The van der Waals surface area contributed by atoms with Crippen molar-refractivity contribution in [2.45, 2.75) is 24.3 Å². The summed E-state index contributed by atoms with van der Waals surface area (Å²) in [7, 11) is -3.52. The van der Waals surface area contributed by atoms with Gasteiger partial charge in [0, 0.05) is 15.5 Å². The molecule has 2 rings (SSSR count). The summed E-state index contributed by atoms with van der Waals surface area (Å²) in [5, 5.41) is 0.668. The van der Waals surface area contributed by atoms with E-state index in [0.717, 1.165) is 10.0 Å². The van der Waals surface area contributed by atoms with Gasteiger partial charge in [0.2, 0.25) is 10.0 Å². The van der Waals surface area contributed by atoms with Crippen LogP contribution in [0.15, 0.2) is 57.9 Å².